The van der Waals surface area contributed by atoms with Crippen molar-refractivity contribution in [2.75, 3.05) is 20.3 Å². The molecule has 2 saturated carbocycles. The standard InChI is InChI=1S/C20H28N2O3/c1-19(2)16(13-8-11-25-17(13)19)22-18(23)21-12-20(9-10-20)14-6-4-5-7-15(14)24-3/h4-7,13,16-17H,8-12H2,1-3H3,(H2,21,22,23). The number of carbonyl (C=O) groups is 1. The first kappa shape index (κ1) is 16.7. The highest BCUT2D eigenvalue weighted by Crippen LogP contribution is 2.52. The molecule has 0 bridgehead atoms. The van der Waals surface area contributed by atoms with Crippen molar-refractivity contribution in [1.29, 1.82) is 0 Å². The number of benzene rings is 1. The molecule has 1 aromatic carbocycles. The van der Waals surface area contributed by atoms with Crippen molar-refractivity contribution in [2.24, 2.45) is 11.3 Å². The summed E-state index contributed by atoms with van der Waals surface area (Å²) in [5, 5.41) is 6.30. The van der Waals surface area contributed by atoms with Crippen LogP contribution in [0.1, 0.15) is 38.7 Å². The van der Waals surface area contributed by atoms with Gasteiger partial charge in [-0.15, -0.1) is 0 Å². The van der Waals surface area contributed by atoms with Crippen LogP contribution in [0, 0.1) is 11.3 Å². The summed E-state index contributed by atoms with van der Waals surface area (Å²) in [7, 11) is 1.70. The number of fused-ring (bicyclic) bond motifs is 1. The summed E-state index contributed by atoms with van der Waals surface area (Å²) in [4.78, 5) is 12.5. The normalized spacial score (nSPS) is 30.8. The second-order valence-corrected chi connectivity index (χ2v) is 8.35. The van der Waals surface area contributed by atoms with Gasteiger partial charge in [0.2, 0.25) is 0 Å². The van der Waals surface area contributed by atoms with Gasteiger partial charge in [0.15, 0.2) is 0 Å². The van der Waals surface area contributed by atoms with E-state index in [9.17, 15) is 4.79 Å². The summed E-state index contributed by atoms with van der Waals surface area (Å²) in [6.45, 7) is 5.83. The predicted octanol–water partition coefficient (Wildman–Crippen LogP) is 2.84. The molecule has 1 aliphatic heterocycles. The minimum absolute atomic E-state index is 0.0123. The number of ether oxygens (including phenoxy) is 2. The number of para-hydroxylation sites is 1. The lowest BCUT2D eigenvalue weighted by molar-refractivity contribution is -0.108. The van der Waals surface area contributed by atoms with Crippen LogP contribution < -0.4 is 15.4 Å². The molecule has 1 saturated heterocycles. The van der Waals surface area contributed by atoms with Crippen LogP contribution in [0.25, 0.3) is 0 Å². The van der Waals surface area contributed by atoms with Crippen LogP contribution in [0.5, 0.6) is 5.75 Å². The van der Waals surface area contributed by atoms with Crippen molar-refractivity contribution >= 4 is 6.03 Å². The number of amides is 2. The van der Waals surface area contributed by atoms with Crippen LogP contribution >= 0.6 is 0 Å². The molecule has 1 aromatic rings. The molecule has 3 atom stereocenters. The molecule has 0 aromatic heterocycles. The van der Waals surface area contributed by atoms with E-state index in [2.05, 4.69) is 30.5 Å². The van der Waals surface area contributed by atoms with Crippen molar-refractivity contribution < 1.29 is 14.3 Å². The number of nitrogens with one attached hydrogen (secondary N) is 2. The van der Waals surface area contributed by atoms with Gasteiger partial charge in [-0.05, 0) is 25.3 Å². The largest absolute Gasteiger partial charge is 0.496 e. The van der Waals surface area contributed by atoms with Gasteiger partial charge in [0.25, 0.3) is 0 Å². The maximum absolute atomic E-state index is 12.5. The molecule has 25 heavy (non-hydrogen) atoms. The number of hydrogen-bond acceptors (Lipinski definition) is 3. The van der Waals surface area contributed by atoms with Crippen LogP contribution in [0.2, 0.25) is 0 Å². The lowest BCUT2D eigenvalue weighted by atomic mass is 9.57. The fraction of sp³-hybridized carbons (Fsp3) is 0.650. The Hall–Kier alpha value is -1.75. The van der Waals surface area contributed by atoms with E-state index in [4.69, 9.17) is 9.47 Å². The molecule has 4 rings (SSSR count). The van der Waals surface area contributed by atoms with Crippen molar-refractivity contribution in [2.45, 2.75) is 50.7 Å². The molecular formula is C20H28N2O3. The molecule has 0 radical (unpaired) electrons. The van der Waals surface area contributed by atoms with Gasteiger partial charge in [-0.2, -0.15) is 0 Å². The van der Waals surface area contributed by atoms with Gasteiger partial charge >= 0.3 is 6.03 Å². The van der Waals surface area contributed by atoms with Gasteiger partial charge in [-0.3, -0.25) is 0 Å². The first-order valence-corrected chi connectivity index (χ1v) is 9.27. The molecule has 136 valence electrons. The van der Waals surface area contributed by atoms with Crippen molar-refractivity contribution in [1.82, 2.24) is 10.6 Å². The fourth-order valence-corrected chi connectivity index (χ4v) is 4.83. The zero-order valence-electron chi connectivity index (χ0n) is 15.3. The van der Waals surface area contributed by atoms with Crippen LogP contribution in [0.15, 0.2) is 24.3 Å². The van der Waals surface area contributed by atoms with Crippen molar-refractivity contribution in [3.63, 3.8) is 0 Å². The second-order valence-electron chi connectivity index (χ2n) is 8.35. The van der Waals surface area contributed by atoms with Gasteiger partial charge in [-0.25, -0.2) is 4.79 Å². The predicted molar refractivity (Wildman–Crippen MR) is 95.9 cm³/mol. The van der Waals surface area contributed by atoms with Crippen LogP contribution in [0.4, 0.5) is 4.79 Å². The fourth-order valence-electron chi connectivity index (χ4n) is 4.83. The molecule has 0 spiro atoms. The van der Waals surface area contributed by atoms with E-state index < -0.39 is 0 Å². The smallest absolute Gasteiger partial charge is 0.315 e. The number of urea groups is 1. The summed E-state index contributed by atoms with van der Waals surface area (Å²) >= 11 is 0. The number of hydrogen-bond donors (Lipinski definition) is 2. The average molecular weight is 344 g/mol. The SMILES string of the molecule is COc1ccccc1C1(CNC(=O)NC2C3CCOC3C2(C)C)CC1. The Morgan fingerprint density at radius 2 is 2.08 bits per heavy atom. The molecule has 3 aliphatic rings. The Kier molecular flexibility index (Phi) is 3.95. The maximum Gasteiger partial charge on any atom is 0.315 e. The first-order valence-electron chi connectivity index (χ1n) is 9.27. The highest BCUT2D eigenvalue weighted by molar-refractivity contribution is 5.75. The summed E-state index contributed by atoms with van der Waals surface area (Å²) in [5.74, 6) is 1.37. The molecule has 3 fully saturated rings. The summed E-state index contributed by atoms with van der Waals surface area (Å²) < 4.78 is 11.3. The van der Waals surface area contributed by atoms with Gasteiger partial charge < -0.3 is 20.1 Å². The Morgan fingerprint density at radius 3 is 2.80 bits per heavy atom. The van der Waals surface area contributed by atoms with E-state index in [0.29, 0.717) is 18.6 Å². The number of rotatable bonds is 5. The Balaban J connectivity index is 1.36. The van der Waals surface area contributed by atoms with E-state index in [1.807, 2.05) is 18.2 Å². The van der Waals surface area contributed by atoms with E-state index in [1.54, 1.807) is 7.11 Å². The first-order chi connectivity index (χ1) is 12.0. The molecule has 2 aliphatic carbocycles. The molecule has 2 N–H and O–H groups in total. The minimum atomic E-state index is -0.0652. The number of methoxy groups -OCH3 is 1. The van der Waals surface area contributed by atoms with Crippen molar-refractivity contribution in [3.05, 3.63) is 29.8 Å². The van der Waals surface area contributed by atoms with E-state index in [-0.39, 0.29) is 22.9 Å². The van der Waals surface area contributed by atoms with Gasteiger partial charge in [0.1, 0.15) is 5.75 Å². The third-order valence-electron chi connectivity index (χ3n) is 6.51. The lowest BCUT2D eigenvalue weighted by Crippen LogP contribution is -2.67. The Labute approximate surface area is 149 Å². The molecule has 5 heteroatoms. The lowest BCUT2D eigenvalue weighted by Gasteiger charge is -2.54. The summed E-state index contributed by atoms with van der Waals surface area (Å²) in [5.41, 5.74) is 1.24. The van der Waals surface area contributed by atoms with Gasteiger partial charge in [-0.1, -0.05) is 32.0 Å². The molecule has 3 unspecified atom stereocenters. The number of carbonyl (C=O) groups excluding carboxylic acids is 1. The Morgan fingerprint density at radius 1 is 1.32 bits per heavy atom. The van der Waals surface area contributed by atoms with Crippen LogP contribution in [0.3, 0.4) is 0 Å². The zero-order valence-corrected chi connectivity index (χ0v) is 15.3. The van der Waals surface area contributed by atoms with Crippen LogP contribution in [-0.2, 0) is 10.2 Å². The minimum Gasteiger partial charge on any atom is -0.496 e. The zero-order chi connectivity index (χ0) is 17.7. The third-order valence-corrected chi connectivity index (χ3v) is 6.51. The molecule has 5 nitrogen and oxygen atoms in total. The van der Waals surface area contributed by atoms with Gasteiger partial charge in [0, 0.05) is 41.5 Å². The Bertz CT molecular complexity index is 669. The molecule has 2 amide bonds. The third kappa shape index (κ3) is 2.69. The quantitative estimate of drug-likeness (QED) is 0.863. The highest BCUT2D eigenvalue weighted by Gasteiger charge is 2.59. The van der Waals surface area contributed by atoms with Crippen molar-refractivity contribution in [3.8, 4) is 5.75 Å². The van der Waals surface area contributed by atoms with Gasteiger partial charge in [0.05, 0.1) is 13.2 Å². The highest BCUT2D eigenvalue weighted by atomic mass is 16.5. The van der Waals surface area contributed by atoms with E-state index in [1.165, 1.54) is 5.56 Å². The van der Waals surface area contributed by atoms with Crippen LogP contribution in [-0.4, -0.2) is 38.4 Å². The monoisotopic (exact) mass is 344 g/mol. The maximum atomic E-state index is 12.5. The summed E-state index contributed by atoms with van der Waals surface area (Å²) in [6, 6.07) is 8.26. The molecule has 1 heterocycles. The molecular weight excluding hydrogens is 316 g/mol. The van der Waals surface area contributed by atoms with E-state index >= 15 is 0 Å². The second kappa shape index (κ2) is 5.90. The average Bonchev–Trinajstić information content (AvgIpc) is 3.27. The summed E-state index contributed by atoms with van der Waals surface area (Å²) in [6.07, 6.45) is 3.51. The van der Waals surface area contributed by atoms with E-state index in [0.717, 1.165) is 31.6 Å². The topological polar surface area (TPSA) is 59.6 Å².